The van der Waals surface area contributed by atoms with Crippen LogP contribution in [0.4, 0.5) is 21.9 Å². The number of urea groups is 1. The van der Waals surface area contributed by atoms with Crippen molar-refractivity contribution in [3.8, 4) is 0 Å². The Labute approximate surface area is 128 Å². The molecular weight excluding hydrogens is 314 g/mol. The number of hydrogen-bond acceptors (Lipinski definition) is 3. The van der Waals surface area contributed by atoms with Crippen molar-refractivity contribution in [3.05, 3.63) is 53.6 Å². The van der Waals surface area contributed by atoms with E-state index in [2.05, 4.69) is 15.4 Å². The number of anilines is 3. The molecule has 2 rings (SSSR count). The normalized spacial score (nSPS) is 10.2. The molecule has 2 aromatic carbocycles. The van der Waals surface area contributed by atoms with E-state index in [-0.39, 0.29) is 0 Å². The van der Waals surface area contributed by atoms with E-state index in [0.29, 0.717) is 22.1 Å². The zero-order chi connectivity index (χ0) is 15.2. The Hall–Kier alpha value is -2.25. The summed E-state index contributed by atoms with van der Waals surface area (Å²) < 4.78 is 23.2. The molecule has 0 aliphatic rings. The van der Waals surface area contributed by atoms with E-state index in [0.717, 1.165) is 0 Å². The summed E-state index contributed by atoms with van der Waals surface area (Å²) in [5, 5.41) is 5.77. The highest BCUT2D eigenvalue weighted by molar-refractivity contribution is 7.73. The van der Waals surface area contributed by atoms with Gasteiger partial charge in [0, 0.05) is 22.1 Å². The monoisotopic (exact) mass is 325 g/mol. The lowest BCUT2D eigenvalue weighted by molar-refractivity contribution is 0.262. The topological polar surface area (TPSA) is 87.3 Å². The Kier molecular flexibility index (Phi) is 5.02. The molecule has 6 nitrogen and oxygen atoms in total. The average molecular weight is 326 g/mol. The van der Waals surface area contributed by atoms with Gasteiger partial charge in [-0.1, -0.05) is 17.7 Å². The molecule has 0 atom stereocenters. The summed E-state index contributed by atoms with van der Waals surface area (Å²) in [6.45, 7) is 0. The van der Waals surface area contributed by atoms with Crippen LogP contribution in [0.3, 0.4) is 0 Å². The maximum absolute atomic E-state index is 11.8. The van der Waals surface area contributed by atoms with Crippen LogP contribution in [0.25, 0.3) is 0 Å². The summed E-state index contributed by atoms with van der Waals surface area (Å²) in [6, 6.07) is 12.6. The van der Waals surface area contributed by atoms with Crippen LogP contribution < -0.4 is 15.4 Å². The predicted octanol–water partition coefficient (Wildman–Crippen LogP) is 2.92. The maximum Gasteiger partial charge on any atom is 0.323 e. The van der Waals surface area contributed by atoms with E-state index in [4.69, 9.17) is 11.6 Å². The molecule has 110 valence electrons. The van der Waals surface area contributed by atoms with Gasteiger partial charge in [0.15, 0.2) is 0 Å². The first-order valence-corrected chi connectivity index (χ1v) is 7.43. The minimum Gasteiger partial charge on any atom is -0.308 e. The lowest BCUT2D eigenvalue weighted by atomic mass is 10.3. The van der Waals surface area contributed by atoms with Crippen LogP contribution in [0.1, 0.15) is 0 Å². The molecule has 0 saturated heterocycles. The van der Waals surface area contributed by atoms with Crippen LogP contribution in [0.2, 0.25) is 5.02 Å². The fraction of sp³-hybridized carbons (Fsp3) is 0. The largest absolute Gasteiger partial charge is 0.323 e. The number of halogens is 1. The van der Waals surface area contributed by atoms with Crippen molar-refractivity contribution in [2.45, 2.75) is 0 Å². The van der Waals surface area contributed by atoms with E-state index < -0.39 is 16.9 Å². The van der Waals surface area contributed by atoms with Crippen LogP contribution in [0.5, 0.6) is 0 Å². The Bertz CT molecular complexity index is 709. The van der Waals surface area contributed by atoms with Crippen molar-refractivity contribution in [1.29, 1.82) is 0 Å². The molecule has 0 aliphatic heterocycles. The lowest BCUT2D eigenvalue weighted by Crippen LogP contribution is -2.19. The molecule has 0 fully saturated rings. The molecule has 0 radical (unpaired) electrons. The second kappa shape index (κ2) is 6.96. The van der Waals surface area contributed by atoms with Gasteiger partial charge < -0.3 is 10.6 Å². The molecule has 0 unspecified atom stereocenters. The standard InChI is InChI=1S/C13H12ClN3O3S/c14-9-2-1-3-12(8-9)16-13(18)15-10-4-6-11(7-5-10)17-21(19)20/h1-8,21H,(H2,15,16,18)(H,17,19,20). The molecule has 0 aliphatic carbocycles. The number of carbonyl (C=O) groups is 1. The lowest BCUT2D eigenvalue weighted by Gasteiger charge is -2.08. The number of nitrogens with one attached hydrogen (secondary N) is 3. The second-order valence-corrected chi connectivity index (χ2v) is 5.21. The fourth-order valence-electron chi connectivity index (χ4n) is 1.59. The zero-order valence-electron chi connectivity index (χ0n) is 10.7. The zero-order valence-corrected chi connectivity index (χ0v) is 12.3. The number of rotatable bonds is 4. The van der Waals surface area contributed by atoms with Crippen LogP contribution in [-0.2, 0) is 10.9 Å². The van der Waals surface area contributed by atoms with E-state index in [1.165, 1.54) is 0 Å². The Balaban J connectivity index is 1.96. The minimum absolute atomic E-state index is 0.423. The number of hydrogen-bond donors (Lipinski definition) is 4. The van der Waals surface area contributed by atoms with E-state index in [9.17, 15) is 13.2 Å². The first-order chi connectivity index (χ1) is 10.0. The highest BCUT2D eigenvalue weighted by Gasteiger charge is 2.03. The van der Waals surface area contributed by atoms with E-state index in [1.54, 1.807) is 48.5 Å². The van der Waals surface area contributed by atoms with Crippen molar-refractivity contribution in [2.75, 3.05) is 15.4 Å². The number of benzene rings is 2. The Morgan fingerprint density at radius 3 is 2.14 bits per heavy atom. The molecule has 0 heterocycles. The van der Waals surface area contributed by atoms with Gasteiger partial charge in [-0.3, -0.25) is 4.72 Å². The maximum atomic E-state index is 11.8. The number of thiol groups is 1. The summed E-state index contributed by atoms with van der Waals surface area (Å²) >= 11 is 5.82. The first-order valence-electron chi connectivity index (χ1n) is 5.87. The molecule has 2 amide bonds. The SMILES string of the molecule is O=C(Nc1ccc(N[SH](=O)=O)cc1)Nc1cccc(Cl)c1. The molecule has 21 heavy (non-hydrogen) atoms. The summed E-state index contributed by atoms with van der Waals surface area (Å²) in [5.74, 6) is 0. The van der Waals surface area contributed by atoms with Gasteiger partial charge in [0.1, 0.15) is 0 Å². The van der Waals surface area contributed by atoms with Crippen molar-refractivity contribution >= 4 is 45.6 Å². The Morgan fingerprint density at radius 1 is 0.905 bits per heavy atom. The van der Waals surface area contributed by atoms with Gasteiger partial charge in [-0.15, -0.1) is 0 Å². The van der Waals surface area contributed by atoms with Gasteiger partial charge in [-0.2, -0.15) is 0 Å². The van der Waals surface area contributed by atoms with Crippen LogP contribution in [-0.4, -0.2) is 14.4 Å². The van der Waals surface area contributed by atoms with Crippen molar-refractivity contribution < 1.29 is 13.2 Å². The van der Waals surface area contributed by atoms with Crippen molar-refractivity contribution in [3.63, 3.8) is 0 Å². The molecule has 0 spiro atoms. The van der Waals surface area contributed by atoms with Gasteiger partial charge in [0.25, 0.3) is 0 Å². The highest BCUT2D eigenvalue weighted by Crippen LogP contribution is 2.16. The molecule has 0 bridgehead atoms. The third-order valence-corrected chi connectivity index (χ3v) is 3.12. The summed E-state index contributed by atoms with van der Waals surface area (Å²) in [4.78, 5) is 11.8. The molecule has 0 aromatic heterocycles. The van der Waals surface area contributed by atoms with Gasteiger partial charge in [0.05, 0.1) is 0 Å². The van der Waals surface area contributed by atoms with E-state index >= 15 is 0 Å². The van der Waals surface area contributed by atoms with Crippen LogP contribution in [0.15, 0.2) is 48.5 Å². The summed E-state index contributed by atoms with van der Waals surface area (Å²) in [7, 11) is -2.70. The Morgan fingerprint density at radius 2 is 1.52 bits per heavy atom. The summed E-state index contributed by atoms with van der Waals surface area (Å²) in [5.41, 5.74) is 1.52. The molecule has 3 N–H and O–H groups in total. The van der Waals surface area contributed by atoms with Crippen LogP contribution in [0, 0.1) is 0 Å². The number of amides is 2. The third-order valence-electron chi connectivity index (χ3n) is 2.45. The third kappa shape index (κ3) is 4.97. The van der Waals surface area contributed by atoms with Crippen molar-refractivity contribution in [2.24, 2.45) is 0 Å². The van der Waals surface area contributed by atoms with Gasteiger partial charge in [-0.25, -0.2) is 13.2 Å². The minimum atomic E-state index is -2.70. The first kappa shape index (κ1) is 15.1. The molecule has 2 aromatic rings. The van der Waals surface area contributed by atoms with Gasteiger partial charge in [0.2, 0.25) is 10.9 Å². The summed E-state index contributed by atoms with van der Waals surface area (Å²) in [6.07, 6.45) is 0. The van der Waals surface area contributed by atoms with Gasteiger partial charge >= 0.3 is 6.03 Å². The molecule has 0 saturated carbocycles. The molecule has 8 heteroatoms. The number of carbonyl (C=O) groups excluding carboxylic acids is 1. The van der Waals surface area contributed by atoms with E-state index in [1.807, 2.05) is 0 Å². The van der Waals surface area contributed by atoms with Crippen LogP contribution >= 0.6 is 11.6 Å². The van der Waals surface area contributed by atoms with Crippen molar-refractivity contribution in [1.82, 2.24) is 0 Å². The van der Waals surface area contributed by atoms with Gasteiger partial charge in [-0.05, 0) is 42.5 Å². The highest BCUT2D eigenvalue weighted by atomic mass is 35.5. The average Bonchev–Trinajstić information content (AvgIpc) is 2.40. The molecular formula is C13H12ClN3O3S. The predicted molar refractivity (Wildman–Crippen MR) is 84.5 cm³/mol. The second-order valence-electron chi connectivity index (χ2n) is 4.04. The smallest absolute Gasteiger partial charge is 0.308 e. The quantitative estimate of drug-likeness (QED) is 0.652. The fourth-order valence-corrected chi connectivity index (χ4v) is 2.14.